The van der Waals surface area contributed by atoms with Crippen LogP contribution in [0.15, 0.2) is 83.8 Å². The molecule has 3 aromatic carbocycles. The second kappa shape index (κ2) is 8.46. The number of nitrogens with one attached hydrogen (secondary N) is 1. The molecule has 0 aliphatic rings. The summed E-state index contributed by atoms with van der Waals surface area (Å²) in [5, 5.41) is 3.39. The molecule has 0 heterocycles. The molecular weight excluding hydrogens is 396 g/mol. The zero-order chi connectivity index (χ0) is 20.1. The van der Waals surface area contributed by atoms with Gasteiger partial charge in [0.05, 0.1) is 10.6 Å². The first kappa shape index (κ1) is 19.9. The molecule has 0 unspecified atom stereocenters. The predicted octanol–water partition coefficient (Wildman–Crippen LogP) is 4.10. The maximum atomic E-state index is 12.8. The van der Waals surface area contributed by atoms with Crippen LogP contribution in [0.25, 0.3) is 0 Å². The number of carbonyl (C=O) groups excluding carboxylic acids is 1. The topological polar surface area (TPSA) is 66.5 Å². The Morgan fingerprint density at radius 1 is 0.964 bits per heavy atom. The number of anilines is 1. The molecule has 0 spiro atoms. The lowest BCUT2D eigenvalue weighted by Gasteiger charge is -2.19. The molecule has 0 saturated heterocycles. The molecule has 7 heteroatoms. The lowest BCUT2D eigenvalue weighted by molar-refractivity contribution is 0.0951. The molecule has 5 nitrogen and oxygen atoms in total. The summed E-state index contributed by atoms with van der Waals surface area (Å²) >= 11 is 5.93. The predicted molar refractivity (Wildman–Crippen MR) is 111 cm³/mol. The van der Waals surface area contributed by atoms with Crippen molar-refractivity contribution < 1.29 is 13.2 Å². The standard InChI is InChI=1S/C21H19ClN2O3S/c1-24(19-8-3-2-4-9-19)28(26,27)20-12-10-17(11-13-20)21(25)23-15-16-6-5-7-18(22)14-16/h2-14H,15H2,1H3,(H,23,25). The van der Waals surface area contributed by atoms with Gasteiger partial charge in [-0.1, -0.05) is 41.9 Å². The van der Waals surface area contributed by atoms with E-state index in [0.29, 0.717) is 22.8 Å². The molecule has 0 radical (unpaired) electrons. The van der Waals surface area contributed by atoms with Crippen LogP contribution in [0.5, 0.6) is 0 Å². The van der Waals surface area contributed by atoms with Gasteiger partial charge in [0.15, 0.2) is 0 Å². The summed E-state index contributed by atoms with van der Waals surface area (Å²) < 4.78 is 26.7. The maximum absolute atomic E-state index is 12.8. The van der Waals surface area contributed by atoms with E-state index in [2.05, 4.69) is 5.32 Å². The van der Waals surface area contributed by atoms with Gasteiger partial charge >= 0.3 is 0 Å². The van der Waals surface area contributed by atoms with Crippen molar-refractivity contribution in [2.24, 2.45) is 0 Å². The van der Waals surface area contributed by atoms with Crippen LogP contribution in [0.1, 0.15) is 15.9 Å². The monoisotopic (exact) mass is 414 g/mol. The highest BCUT2D eigenvalue weighted by atomic mass is 35.5. The number of hydrogen-bond donors (Lipinski definition) is 1. The number of halogens is 1. The third-order valence-corrected chi connectivity index (χ3v) is 6.27. The van der Waals surface area contributed by atoms with Crippen LogP contribution in [0.2, 0.25) is 5.02 Å². The Kier molecular flexibility index (Phi) is 6.02. The Morgan fingerprint density at radius 2 is 1.64 bits per heavy atom. The Hall–Kier alpha value is -2.83. The Morgan fingerprint density at radius 3 is 2.29 bits per heavy atom. The van der Waals surface area contributed by atoms with E-state index in [1.165, 1.54) is 35.6 Å². The van der Waals surface area contributed by atoms with Gasteiger partial charge in [0, 0.05) is 24.2 Å². The number of para-hydroxylation sites is 1. The van der Waals surface area contributed by atoms with Crippen molar-refractivity contribution in [1.82, 2.24) is 5.32 Å². The quantitative estimate of drug-likeness (QED) is 0.660. The van der Waals surface area contributed by atoms with Crippen LogP contribution in [0.4, 0.5) is 5.69 Å². The van der Waals surface area contributed by atoms with E-state index in [4.69, 9.17) is 11.6 Å². The number of sulfonamides is 1. The first-order valence-electron chi connectivity index (χ1n) is 8.54. The molecule has 0 fully saturated rings. The third-order valence-electron chi connectivity index (χ3n) is 4.24. The van der Waals surface area contributed by atoms with Crippen molar-refractivity contribution in [2.45, 2.75) is 11.4 Å². The highest BCUT2D eigenvalue weighted by Crippen LogP contribution is 2.22. The van der Waals surface area contributed by atoms with Crippen LogP contribution in [0, 0.1) is 0 Å². The molecule has 0 aromatic heterocycles. The van der Waals surface area contributed by atoms with E-state index in [1.54, 1.807) is 36.4 Å². The average molecular weight is 415 g/mol. The summed E-state index contributed by atoms with van der Waals surface area (Å²) in [7, 11) is -2.21. The van der Waals surface area contributed by atoms with Crippen LogP contribution in [0.3, 0.4) is 0 Å². The minimum absolute atomic E-state index is 0.116. The van der Waals surface area contributed by atoms with Gasteiger partial charge in [-0.2, -0.15) is 0 Å². The normalized spacial score (nSPS) is 11.1. The largest absolute Gasteiger partial charge is 0.348 e. The van der Waals surface area contributed by atoms with Gasteiger partial charge in [-0.25, -0.2) is 8.42 Å². The van der Waals surface area contributed by atoms with Gasteiger partial charge in [-0.15, -0.1) is 0 Å². The van der Waals surface area contributed by atoms with Crippen LogP contribution >= 0.6 is 11.6 Å². The van der Waals surface area contributed by atoms with Crippen LogP contribution < -0.4 is 9.62 Å². The van der Waals surface area contributed by atoms with E-state index in [9.17, 15) is 13.2 Å². The molecule has 0 saturated carbocycles. The fraction of sp³-hybridized carbons (Fsp3) is 0.0952. The lowest BCUT2D eigenvalue weighted by Crippen LogP contribution is -2.27. The second-order valence-electron chi connectivity index (χ2n) is 6.15. The minimum Gasteiger partial charge on any atom is -0.348 e. The molecule has 0 aliphatic carbocycles. The smallest absolute Gasteiger partial charge is 0.264 e. The van der Waals surface area contributed by atoms with Crippen molar-refractivity contribution in [3.05, 3.63) is 95.0 Å². The number of carbonyl (C=O) groups is 1. The summed E-state index contributed by atoms with van der Waals surface area (Å²) in [6, 6.07) is 21.9. The number of amides is 1. The molecule has 1 amide bonds. The summed E-state index contributed by atoms with van der Waals surface area (Å²) in [6.45, 7) is 0.330. The van der Waals surface area contributed by atoms with E-state index < -0.39 is 10.0 Å². The third kappa shape index (κ3) is 4.52. The first-order valence-corrected chi connectivity index (χ1v) is 10.4. The molecule has 1 N–H and O–H groups in total. The van der Waals surface area contributed by atoms with E-state index >= 15 is 0 Å². The Labute approximate surface area is 169 Å². The molecule has 3 rings (SSSR count). The summed E-state index contributed by atoms with van der Waals surface area (Å²) in [4.78, 5) is 12.4. The Balaban J connectivity index is 1.71. The molecule has 3 aromatic rings. The molecule has 0 bridgehead atoms. The highest BCUT2D eigenvalue weighted by Gasteiger charge is 2.21. The molecule has 28 heavy (non-hydrogen) atoms. The van der Waals surface area contributed by atoms with Gasteiger partial charge in [0.25, 0.3) is 15.9 Å². The van der Waals surface area contributed by atoms with E-state index in [1.807, 2.05) is 18.2 Å². The number of hydrogen-bond acceptors (Lipinski definition) is 3. The van der Waals surface area contributed by atoms with Crippen molar-refractivity contribution in [1.29, 1.82) is 0 Å². The molecule has 0 aliphatic heterocycles. The molecular formula is C21H19ClN2O3S. The minimum atomic E-state index is -3.71. The highest BCUT2D eigenvalue weighted by molar-refractivity contribution is 7.92. The zero-order valence-corrected chi connectivity index (χ0v) is 16.7. The van der Waals surface area contributed by atoms with Crippen molar-refractivity contribution in [3.8, 4) is 0 Å². The lowest BCUT2D eigenvalue weighted by atomic mass is 10.2. The number of benzene rings is 3. The Bertz CT molecular complexity index is 1070. The summed E-state index contributed by atoms with van der Waals surface area (Å²) in [5.41, 5.74) is 1.82. The van der Waals surface area contributed by atoms with Crippen molar-refractivity contribution in [3.63, 3.8) is 0 Å². The van der Waals surface area contributed by atoms with Crippen LogP contribution in [-0.4, -0.2) is 21.4 Å². The van der Waals surface area contributed by atoms with Crippen LogP contribution in [-0.2, 0) is 16.6 Å². The zero-order valence-electron chi connectivity index (χ0n) is 15.2. The average Bonchev–Trinajstić information content (AvgIpc) is 2.72. The fourth-order valence-electron chi connectivity index (χ4n) is 2.64. The van der Waals surface area contributed by atoms with Gasteiger partial charge in [0.2, 0.25) is 0 Å². The summed E-state index contributed by atoms with van der Waals surface area (Å²) in [5.74, 6) is -0.291. The maximum Gasteiger partial charge on any atom is 0.264 e. The number of nitrogens with zero attached hydrogens (tertiary/aromatic N) is 1. The van der Waals surface area contributed by atoms with E-state index in [0.717, 1.165) is 5.56 Å². The summed E-state index contributed by atoms with van der Waals surface area (Å²) in [6.07, 6.45) is 0. The first-order chi connectivity index (χ1) is 13.4. The van der Waals surface area contributed by atoms with Gasteiger partial charge in [-0.3, -0.25) is 9.10 Å². The molecule has 144 valence electrons. The number of rotatable bonds is 6. The molecule has 0 atom stereocenters. The van der Waals surface area contributed by atoms with Gasteiger partial charge in [0.1, 0.15) is 0 Å². The SMILES string of the molecule is CN(c1ccccc1)S(=O)(=O)c1ccc(C(=O)NCc2cccc(Cl)c2)cc1. The van der Waals surface area contributed by atoms with Gasteiger partial charge in [-0.05, 0) is 54.1 Å². The fourth-order valence-corrected chi connectivity index (χ4v) is 4.05. The van der Waals surface area contributed by atoms with Crippen molar-refractivity contribution >= 4 is 33.2 Å². The van der Waals surface area contributed by atoms with Gasteiger partial charge < -0.3 is 5.32 Å². The van der Waals surface area contributed by atoms with Crippen molar-refractivity contribution in [2.75, 3.05) is 11.4 Å². The van der Waals surface area contributed by atoms with E-state index in [-0.39, 0.29) is 10.8 Å². The second-order valence-corrected chi connectivity index (χ2v) is 8.55.